The number of likely N-dealkylation sites (tertiary alicyclic amines) is 1. The second-order valence-electron chi connectivity index (χ2n) is 10.1. The van der Waals surface area contributed by atoms with Crippen LogP contribution in [0.4, 0.5) is 17.6 Å². The van der Waals surface area contributed by atoms with Crippen LogP contribution in [-0.2, 0) is 28.4 Å². The first-order valence-corrected chi connectivity index (χ1v) is 13.1. The fraction of sp³-hybridized carbons (Fsp3) is 0.290. The van der Waals surface area contributed by atoms with Gasteiger partial charge in [0, 0.05) is 32.0 Å². The van der Waals surface area contributed by atoms with Gasteiger partial charge in [0.25, 0.3) is 0 Å². The molecule has 9 heteroatoms. The monoisotopic (exact) mass is 551 g/mol. The van der Waals surface area contributed by atoms with Crippen LogP contribution in [0.25, 0.3) is 11.3 Å². The SMILES string of the molecule is Cn1nc(C2(c3ccccc3)CCN(CCc3ccccc3)C(OC(=O)C(F)(F)F)C2)cc1-c1ccc(F)cc1. The van der Waals surface area contributed by atoms with Crippen molar-refractivity contribution in [3.05, 3.63) is 114 Å². The fourth-order valence-electron chi connectivity index (χ4n) is 5.48. The molecule has 2 atom stereocenters. The van der Waals surface area contributed by atoms with Gasteiger partial charge in [0.2, 0.25) is 0 Å². The first kappa shape index (κ1) is 27.6. The van der Waals surface area contributed by atoms with E-state index in [-0.39, 0.29) is 12.2 Å². The number of nitrogens with zero attached hydrogens (tertiary/aromatic N) is 3. The highest BCUT2D eigenvalue weighted by molar-refractivity contribution is 5.75. The summed E-state index contributed by atoms with van der Waals surface area (Å²) >= 11 is 0. The van der Waals surface area contributed by atoms with E-state index in [1.807, 2.05) is 71.6 Å². The number of piperidine rings is 1. The number of hydrogen-bond donors (Lipinski definition) is 0. The predicted molar refractivity (Wildman–Crippen MR) is 143 cm³/mol. The van der Waals surface area contributed by atoms with Crippen molar-refractivity contribution in [2.45, 2.75) is 37.1 Å². The van der Waals surface area contributed by atoms with Gasteiger partial charge < -0.3 is 4.74 Å². The Kier molecular flexibility index (Phi) is 7.76. The molecule has 1 fully saturated rings. The van der Waals surface area contributed by atoms with E-state index in [0.717, 1.165) is 22.4 Å². The minimum atomic E-state index is -5.11. The molecule has 40 heavy (non-hydrogen) atoms. The molecule has 0 spiro atoms. The zero-order valence-electron chi connectivity index (χ0n) is 21.9. The summed E-state index contributed by atoms with van der Waals surface area (Å²) in [5.41, 5.74) is 3.23. The highest BCUT2D eigenvalue weighted by Gasteiger charge is 2.49. The Morgan fingerprint density at radius 2 is 1.65 bits per heavy atom. The summed E-state index contributed by atoms with van der Waals surface area (Å²) in [6.45, 7) is 0.813. The summed E-state index contributed by atoms with van der Waals surface area (Å²) < 4.78 is 60.5. The van der Waals surface area contributed by atoms with Crippen molar-refractivity contribution in [3.63, 3.8) is 0 Å². The molecule has 1 aromatic heterocycles. The molecule has 0 saturated carbocycles. The molecule has 5 rings (SSSR count). The Morgan fingerprint density at radius 1 is 1.00 bits per heavy atom. The summed E-state index contributed by atoms with van der Waals surface area (Å²) in [5.74, 6) is -2.57. The van der Waals surface area contributed by atoms with Crippen LogP contribution in [0.5, 0.6) is 0 Å². The van der Waals surface area contributed by atoms with Gasteiger partial charge in [0.15, 0.2) is 6.23 Å². The number of carbonyl (C=O) groups is 1. The predicted octanol–water partition coefficient (Wildman–Crippen LogP) is 6.28. The molecule has 208 valence electrons. The summed E-state index contributed by atoms with van der Waals surface area (Å²) in [6.07, 6.45) is -5.00. The number of benzene rings is 3. The Hall–Kier alpha value is -3.98. The highest BCUT2D eigenvalue weighted by atomic mass is 19.4. The minimum Gasteiger partial charge on any atom is -0.440 e. The molecular weight excluding hydrogens is 522 g/mol. The molecule has 3 aromatic carbocycles. The van der Waals surface area contributed by atoms with Crippen molar-refractivity contribution in [1.29, 1.82) is 0 Å². The van der Waals surface area contributed by atoms with Crippen molar-refractivity contribution in [2.75, 3.05) is 13.1 Å². The van der Waals surface area contributed by atoms with Gasteiger partial charge in [0.05, 0.1) is 11.4 Å². The number of halogens is 4. The van der Waals surface area contributed by atoms with E-state index in [0.29, 0.717) is 31.6 Å². The largest absolute Gasteiger partial charge is 0.490 e. The first-order valence-electron chi connectivity index (χ1n) is 13.1. The van der Waals surface area contributed by atoms with Crippen LogP contribution in [-0.4, -0.2) is 46.1 Å². The van der Waals surface area contributed by atoms with Crippen LogP contribution < -0.4 is 0 Å². The molecule has 0 amide bonds. The molecular formula is C31H29F4N3O2. The van der Waals surface area contributed by atoms with Gasteiger partial charge in [-0.15, -0.1) is 0 Å². The minimum absolute atomic E-state index is 0.0908. The third-order valence-corrected chi connectivity index (χ3v) is 7.60. The standard InChI is InChI=1S/C31H29F4N3O2/c1-37-26(23-12-14-25(32)15-13-23)20-27(36-37)30(24-10-6-3-7-11-24)17-19-38(18-16-22-8-4-2-5-9-22)28(21-30)40-29(39)31(33,34)35/h2-15,20,28H,16-19,21H2,1H3. The Labute approximate surface area is 230 Å². The molecule has 2 unspecified atom stereocenters. The average Bonchev–Trinajstić information content (AvgIpc) is 3.35. The number of esters is 1. The highest BCUT2D eigenvalue weighted by Crippen LogP contribution is 2.45. The lowest BCUT2D eigenvalue weighted by Gasteiger charge is -2.45. The van der Waals surface area contributed by atoms with E-state index in [1.165, 1.54) is 12.1 Å². The van der Waals surface area contributed by atoms with Crippen LogP contribution in [0.2, 0.25) is 0 Å². The third-order valence-electron chi connectivity index (χ3n) is 7.60. The van der Waals surface area contributed by atoms with E-state index in [2.05, 4.69) is 0 Å². The summed E-state index contributed by atoms with van der Waals surface area (Å²) in [7, 11) is 1.77. The van der Waals surface area contributed by atoms with Gasteiger partial charge in [-0.1, -0.05) is 60.7 Å². The summed E-state index contributed by atoms with van der Waals surface area (Å²) in [4.78, 5) is 13.9. The fourth-order valence-corrected chi connectivity index (χ4v) is 5.48. The van der Waals surface area contributed by atoms with Crippen LogP contribution >= 0.6 is 0 Å². The van der Waals surface area contributed by atoms with Crippen molar-refractivity contribution < 1.29 is 27.1 Å². The Morgan fingerprint density at radius 3 is 2.30 bits per heavy atom. The molecule has 0 radical (unpaired) electrons. The Bertz CT molecular complexity index is 1440. The Balaban J connectivity index is 1.53. The number of alkyl halides is 3. The molecule has 1 aliphatic heterocycles. The van der Waals surface area contributed by atoms with Crippen molar-refractivity contribution in [2.24, 2.45) is 7.05 Å². The van der Waals surface area contributed by atoms with E-state index in [4.69, 9.17) is 9.84 Å². The van der Waals surface area contributed by atoms with Crippen molar-refractivity contribution in [3.8, 4) is 11.3 Å². The van der Waals surface area contributed by atoms with Crippen LogP contribution in [0.1, 0.15) is 29.7 Å². The van der Waals surface area contributed by atoms with Crippen LogP contribution in [0, 0.1) is 5.82 Å². The van der Waals surface area contributed by atoms with Crippen molar-refractivity contribution in [1.82, 2.24) is 14.7 Å². The normalized spacial score (nSPS) is 19.9. The second kappa shape index (κ2) is 11.3. The van der Waals surface area contributed by atoms with E-state index < -0.39 is 23.8 Å². The summed E-state index contributed by atoms with van der Waals surface area (Å²) in [6, 6.07) is 27.1. The van der Waals surface area contributed by atoms with E-state index in [1.54, 1.807) is 23.9 Å². The lowest BCUT2D eigenvalue weighted by Crippen LogP contribution is -2.53. The summed E-state index contributed by atoms with van der Waals surface area (Å²) in [5, 5.41) is 4.80. The number of hydrogen-bond acceptors (Lipinski definition) is 4. The molecule has 0 N–H and O–H groups in total. The molecule has 4 aromatic rings. The molecule has 2 heterocycles. The van der Waals surface area contributed by atoms with Crippen LogP contribution in [0.3, 0.4) is 0 Å². The maximum Gasteiger partial charge on any atom is 0.490 e. The van der Waals surface area contributed by atoms with Gasteiger partial charge >= 0.3 is 12.1 Å². The second-order valence-corrected chi connectivity index (χ2v) is 10.1. The third kappa shape index (κ3) is 5.79. The first-order chi connectivity index (χ1) is 19.2. The average molecular weight is 552 g/mol. The molecule has 1 aliphatic rings. The zero-order valence-corrected chi connectivity index (χ0v) is 21.9. The van der Waals surface area contributed by atoms with Gasteiger partial charge in [-0.3, -0.25) is 9.58 Å². The van der Waals surface area contributed by atoms with E-state index >= 15 is 0 Å². The van der Waals surface area contributed by atoms with Gasteiger partial charge in [0.1, 0.15) is 5.82 Å². The quantitative estimate of drug-likeness (QED) is 0.200. The maximum absolute atomic E-state index is 13.6. The molecule has 0 aliphatic carbocycles. The van der Waals surface area contributed by atoms with E-state index in [9.17, 15) is 22.4 Å². The number of ether oxygens (including phenoxy) is 1. The molecule has 0 bridgehead atoms. The topological polar surface area (TPSA) is 47.4 Å². The number of carbonyl (C=O) groups excluding carboxylic acids is 1. The van der Waals surface area contributed by atoms with Gasteiger partial charge in [-0.25, -0.2) is 9.18 Å². The number of aromatic nitrogens is 2. The lowest BCUT2D eigenvalue weighted by molar-refractivity contribution is -0.216. The van der Waals surface area contributed by atoms with Gasteiger partial charge in [-0.05, 0) is 59.9 Å². The molecule has 5 nitrogen and oxygen atoms in total. The number of rotatable bonds is 7. The smallest absolute Gasteiger partial charge is 0.440 e. The molecule has 1 saturated heterocycles. The zero-order chi connectivity index (χ0) is 28.3. The van der Waals surface area contributed by atoms with Crippen LogP contribution in [0.15, 0.2) is 91.0 Å². The lowest BCUT2D eigenvalue weighted by atomic mass is 9.69. The number of aryl methyl sites for hydroxylation is 1. The van der Waals surface area contributed by atoms with Gasteiger partial charge in [-0.2, -0.15) is 18.3 Å². The maximum atomic E-state index is 13.6. The van der Waals surface area contributed by atoms with Crippen molar-refractivity contribution >= 4 is 5.97 Å².